The summed E-state index contributed by atoms with van der Waals surface area (Å²) in [6, 6.07) is 23.7. The number of aliphatic hydroxyl groups excluding tert-OH is 1. The number of ether oxygens (including phenoxy) is 3. The summed E-state index contributed by atoms with van der Waals surface area (Å²) < 4.78 is 18.9. The molecule has 2 aliphatic heterocycles. The number of unbranched alkanes of at least 4 members (excludes halogenated alkanes) is 2. The second-order valence-corrected chi connectivity index (χ2v) is 14.7. The van der Waals surface area contributed by atoms with Gasteiger partial charge in [-0.1, -0.05) is 73.2 Å². The van der Waals surface area contributed by atoms with Gasteiger partial charge in [0, 0.05) is 37.9 Å². The smallest absolute Gasteiger partial charge is 0.323 e. The Morgan fingerprint density at radius 1 is 0.865 bits per heavy atom. The second kappa shape index (κ2) is 18.6. The second-order valence-electron chi connectivity index (χ2n) is 14.7. The molecule has 0 saturated carbocycles. The lowest BCUT2D eigenvalue weighted by Crippen LogP contribution is -2.45. The van der Waals surface area contributed by atoms with Crippen LogP contribution in [0.4, 0.5) is 0 Å². The molecule has 0 aliphatic carbocycles. The van der Waals surface area contributed by atoms with Crippen LogP contribution < -0.4 is 10.8 Å². The molecule has 4 atom stereocenters. The minimum Gasteiger partial charge on any atom is -0.459 e. The van der Waals surface area contributed by atoms with E-state index in [-0.39, 0.29) is 43.2 Å². The van der Waals surface area contributed by atoms with E-state index in [4.69, 9.17) is 19.4 Å². The Labute approximate surface area is 306 Å². The van der Waals surface area contributed by atoms with E-state index in [1.165, 1.54) is 0 Å². The third-order valence-corrected chi connectivity index (χ3v) is 9.46. The highest BCUT2D eigenvalue weighted by Crippen LogP contribution is 2.39. The van der Waals surface area contributed by atoms with Gasteiger partial charge in [0.15, 0.2) is 6.29 Å². The Morgan fingerprint density at radius 3 is 2.27 bits per heavy atom. The minimum atomic E-state index is -0.619. The van der Waals surface area contributed by atoms with Gasteiger partial charge in [-0.25, -0.2) is 5.48 Å². The van der Waals surface area contributed by atoms with Gasteiger partial charge in [-0.15, -0.1) is 0 Å². The number of rotatable bonds is 15. The van der Waals surface area contributed by atoms with Gasteiger partial charge in [0.25, 0.3) is 0 Å². The predicted octanol–water partition coefficient (Wildman–Crippen LogP) is 6.27. The predicted molar refractivity (Wildman–Crippen MR) is 196 cm³/mol. The number of benzene rings is 3. The van der Waals surface area contributed by atoms with E-state index in [1.807, 2.05) is 87.5 Å². The molecule has 2 amide bonds. The number of hydrogen-bond acceptors (Lipinski definition) is 9. The van der Waals surface area contributed by atoms with Crippen molar-refractivity contribution >= 4 is 17.8 Å². The highest BCUT2D eigenvalue weighted by atomic mass is 16.7. The molecular formula is C41H53N3O8. The Kier molecular flexibility index (Phi) is 14.0. The third-order valence-electron chi connectivity index (χ3n) is 9.46. The van der Waals surface area contributed by atoms with E-state index in [2.05, 4.69) is 16.3 Å². The van der Waals surface area contributed by atoms with Crippen molar-refractivity contribution in [2.75, 3.05) is 13.1 Å². The van der Waals surface area contributed by atoms with Crippen molar-refractivity contribution in [1.82, 2.24) is 15.7 Å². The van der Waals surface area contributed by atoms with E-state index >= 15 is 0 Å². The molecule has 2 heterocycles. The lowest BCUT2D eigenvalue weighted by atomic mass is 9.98. The summed E-state index contributed by atoms with van der Waals surface area (Å²) in [4.78, 5) is 38.8. The molecule has 4 N–H and O–H groups in total. The molecule has 0 spiro atoms. The van der Waals surface area contributed by atoms with Gasteiger partial charge in [0.1, 0.15) is 11.6 Å². The quantitative estimate of drug-likeness (QED) is 0.0619. The molecule has 0 unspecified atom stereocenters. The number of nitrogens with zero attached hydrogens (tertiary/aromatic N) is 1. The molecule has 2 aliphatic rings. The molecule has 0 bridgehead atoms. The van der Waals surface area contributed by atoms with Crippen LogP contribution in [0.25, 0.3) is 11.1 Å². The molecule has 11 heteroatoms. The van der Waals surface area contributed by atoms with Crippen LogP contribution in [-0.4, -0.2) is 63.8 Å². The molecule has 11 nitrogen and oxygen atoms in total. The minimum absolute atomic E-state index is 0.0262. The first-order valence-corrected chi connectivity index (χ1v) is 18.4. The number of nitrogens with one attached hydrogen (secondary N) is 2. The van der Waals surface area contributed by atoms with Gasteiger partial charge in [-0.3, -0.25) is 24.5 Å². The molecule has 2 fully saturated rings. The van der Waals surface area contributed by atoms with Crippen molar-refractivity contribution in [2.45, 2.75) is 115 Å². The number of carbonyl (C=O) groups is 3. The fraction of sp³-hybridized carbons (Fsp3) is 0.488. The highest BCUT2D eigenvalue weighted by molar-refractivity contribution is 5.77. The summed E-state index contributed by atoms with van der Waals surface area (Å²) in [5.41, 5.74) is 6.82. The Hall–Kier alpha value is -4.13. The largest absolute Gasteiger partial charge is 0.459 e. The standard InChI is InChI=1S/C41H53N3O8/c1-41(2,3)52-39(48)35-11-8-22-44(35)26-34-24-36(31-16-14-28(27-45)15-17-31)51-40(50-34)32-20-18-30(19-21-32)33-10-7-9-29(23-33)25-42-37(46)12-5-4-6-13-38(47)43-49/h7,9-10,14-21,23,34-36,40,45,49H,4-6,8,11-13,22,24-27H2,1-3H3,(H,42,46)(H,43,47)/t34-,35+,36+,40+/m1/s1. The van der Waals surface area contributed by atoms with Crippen LogP contribution in [0.3, 0.4) is 0 Å². The van der Waals surface area contributed by atoms with Crippen molar-refractivity contribution in [3.8, 4) is 11.1 Å². The molecule has 0 aromatic heterocycles. The Morgan fingerprint density at radius 2 is 1.58 bits per heavy atom. The number of esters is 1. The van der Waals surface area contributed by atoms with Crippen LogP contribution in [0.2, 0.25) is 0 Å². The summed E-state index contributed by atoms with van der Waals surface area (Å²) in [5.74, 6) is -0.645. The summed E-state index contributed by atoms with van der Waals surface area (Å²) in [6.45, 7) is 7.45. The van der Waals surface area contributed by atoms with Crippen molar-refractivity contribution in [3.63, 3.8) is 0 Å². The lowest BCUT2D eigenvalue weighted by molar-refractivity contribution is -0.253. The van der Waals surface area contributed by atoms with Crippen LogP contribution in [0.15, 0.2) is 72.8 Å². The van der Waals surface area contributed by atoms with Gasteiger partial charge >= 0.3 is 5.97 Å². The Balaban J connectivity index is 1.23. The van der Waals surface area contributed by atoms with Crippen LogP contribution >= 0.6 is 0 Å². The highest BCUT2D eigenvalue weighted by Gasteiger charge is 2.39. The normalized spacial score (nSPS) is 20.7. The third kappa shape index (κ3) is 11.4. The topological polar surface area (TPSA) is 147 Å². The van der Waals surface area contributed by atoms with Crippen LogP contribution in [-0.2, 0) is 41.7 Å². The first-order valence-electron chi connectivity index (χ1n) is 18.4. The molecule has 280 valence electrons. The number of aliphatic hydroxyl groups is 1. The van der Waals surface area contributed by atoms with Crippen LogP contribution in [0.5, 0.6) is 0 Å². The van der Waals surface area contributed by atoms with Crippen molar-refractivity contribution in [1.29, 1.82) is 0 Å². The first-order chi connectivity index (χ1) is 25.0. The summed E-state index contributed by atoms with van der Waals surface area (Å²) in [7, 11) is 0. The molecule has 3 aromatic rings. The molecule has 3 aromatic carbocycles. The van der Waals surface area contributed by atoms with E-state index in [1.54, 1.807) is 5.48 Å². The maximum Gasteiger partial charge on any atom is 0.323 e. The molecule has 2 saturated heterocycles. The summed E-state index contributed by atoms with van der Waals surface area (Å²) in [5, 5.41) is 21.1. The van der Waals surface area contributed by atoms with Crippen molar-refractivity contribution in [3.05, 3.63) is 95.1 Å². The van der Waals surface area contributed by atoms with Gasteiger partial charge in [-0.2, -0.15) is 0 Å². The van der Waals surface area contributed by atoms with Gasteiger partial charge in [0.2, 0.25) is 11.8 Å². The number of likely N-dealkylation sites (tertiary alicyclic amines) is 1. The van der Waals surface area contributed by atoms with Gasteiger partial charge in [-0.05, 0) is 86.9 Å². The van der Waals surface area contributed by atoms with E-state index in [0.29, 0.717) is 38.8 Å². The summed E-state index contributed by atoms with van der Waals surface area (Å²) >= 11 is 0. The van der Waals surface area contributed by atoms with Gasteiger partial charge in [0.05, 0.1) is 18.8 Å². The molecule has 0 radical (unpaired) electrons. The van der Waals surface area contributed by atoms with E-state index < -0.39 is 17.8 Å². The zero-order valence-corrected chi connectivity index (χ0v) is 30.5. The fourth-order valence-corrected chi connectivity index (χ4v) is 6.76. The van der Waals surface area contributed by atoms with Gasteiger partial charge < -0.3 is 24.6 Å². The summed E-state index contributed by atoms with van der Waals surface area (Å²) in [6.07, 6.45) is 3.91. The fourth-order valence-electron chi connectivity index (χ4n) is 6.76. The zero-order valence-electron chi connectivity index (χ0n) is 30.5. The zero-order chi connectivity index (χ0) is 37.1. The monoisotopic (exact) mass is 715 g/mol. The molecular weight excluding hydrogens is 662 g/mol. The number of carbonyl (C=O) groups excluding carboxylic acids is 3. The van der Waals surface area contributed by atoms with Crippen molar-refractivity contribution < 1.29 is 38.9 Å². The average molecular weight is 716 g/mol. The molecule has 52 heavy (non-hydrogen) atoms. The van der Waals surface area contributed by atoms with E-state index in [0.717, 1.165) is 59.2 Å². The average Bonchev–Trinajstić information content (AvgIpc) is 3.61. The first kappa shape index (κ1) is 39.1. The number of hydroxylamine groups is 1. The number of hydrogen-bond donors (Lipinski definition) is 4. The maximum absolute atomic E-state index is 13.1. The molecule has 5 rings (SSSR count). The maximum atomic E-state index is 13.1. The lowest BCUT2D eigenvalue weighted by Gasteiger charge is -2.38. The van der Waals surface area contributed by atoms with Crippen LogP contribution in [0, 0.1) is 0 Å². The van der Waals surface area contributed by atoms with Crippen molar-refractivity contribution in [2.24, 2.45) is 0 Å². The van der Waals surface area contributed by atoms with Crippen LogP contribution in [0.1, 0.15) is 107 Å². The number of amides is 2. The van der Waals surface area contributed by atoms with E-state index in [9.17, 15) is 19.5 Å². The Bertz CT molecular complexity index is 1620. The SMILES string of the molecule is CC(C)(C)OC(=O)[C@@H]1CCCN1C[C@H]1C[C@@H](c2ccc(CO)cc2)O[C@@H](c2ccc(-c3cccc(CNC(=O)CCCCCC(=O)NO)c3)cc2)O1.